The van der Waals surface area contributed by atoms with Gasteiger partial charge in [-0.15, -0.1) is 0 Å². The molecule has 0 saturated heterocycles. The number of aliphatic hydroxyl groups excluding tert-OH is 1. The van der Waals surface area contributed by atoms with Gasteiger partial charge in [0.05, 0.1) is 32.1 Å². The second-order valence-electron chi connectivity index (χ2n) is 3.29. The van der Waals surface area contributed by atoms with Crippen molar-refractivity contribution < 1.29 is 14.6 Å². The van der Waals surface area contributed by atoms with Crippen LogP contribution in [0.15, 0.2) is 6.20 Å². The van der Waals surface area contributed by atoms with Crippen molar-refractivity contribution >= 4 is 0 Å². The van der Waals surface area contributed by atoms with Gasteiger partial charge >= 0.3 is 0 Å². The maximum absolute atomic E-state index is 9.06. The molecule has 15 heavy (non-hydrogen) atoms. The van der Waals surface area contributed by atoms with Gasteiger partial charge < -0.3 is 14.6 Å². The first kappa shape index (κ1) is 12.2. The molecule has 0 aliphatic rings. The fourth-order valence-electron chi connectivity index (χ4n) is 1.34. The van der Waals surface area contributed by atoms with Crippen LogP contribution in [0.5, 0.6) is 0 Å². The SMILES string of the molecule is COCCOCCc1nn(C)cc1CO. The molecule has 0 radical (unpaired) electrons. The van der Waals surface area contributed by atoms with Crippen LogP contribution < -0.4 is 0 Å². The van der Waals surface area contributed by atoms with Gasteiger partial charge in [-0.05, 0) is 0 Å². The van der Waals surface area contributed by atoms with Gasteiger partial charge in [-0.1, -0.05) is 0 Å². The summed E-state index contributed by atoms with van der Waals surface area (Å²) in [5, 5.41) is 13.3. The van der Waals surface area contributed by atoms with Crippen LogP contribution in [0.2, 0.25) is 0 Å². The first-order valence-electron chi connectivity index (χ1n) is 4.97. The van der Waals surface area contributed by atoms with Gasteiger partial charge in [0, 0.05) is 32.3 Å². The van der Waals surface area contributed by atoms with Crippen molar-refractivity contribution in [2.24, 2.45) is 7.05 Å². The van der Waals surface area contributed by atoms with Crippen LogP contribution in [0, 0.1) is 0 Å². The summed E-state index contributed by atoms with van der Waals surface area (Å²) in [6.45, 7) is 1.83. The molecule has 0 aliphatic carbocycles. The van der Waals surface area contributed by atoms with Gasteiger partial charge in [0.15, 0.2) is 0 Å². The van der Waals surface area contributed by atoms with E-state index >= 15 is 0 Å². The molecule has 1 rings (SSSR count). The van der Waals surface area contributed by atoms with Crippen molar-refractivity contribution in [3.05, 3.63) is 17.5 Å². The predicted molar refractivity (Wildman–Crippen MR) is 55.5 cm³/mol. The Morgan fingerprint density at radius 1 is 1.40 bits per heavy atom. The number of hydrogen-bond acceptors (Lipinski definition) is 4. The van der Waals surface area contributed by atoms with Crippen molar-refractivity contribution in [2.45, 2.75) is 13.0 Å². The maximum Gasteiger partial charge on any atom is 0.0715 e. The van der Waals surface area contributed by atoms with Crippen molar-refractivity contribution in [1.82, 2.24) is 9.78 Å². The number of rotatable bonds is 7. The topological polar surface area (TPSA) is 56.5 Å². The lowest BCUT2D eigenvalue weighted by Gasteiger charge is -2.02. The molecule has 86 valence electrons. The van der Waals surface area contributed by atoms with E-state index in [9.17, 15) is 0 Å². The highest BCUT2D eigenvalue weighted by Crippen LogP contribution is 2.06. The highest BCUT2D eigenvalue weighted by molar-refractivity contribution is 5.15. The molecule has 0 spiro atoms. The number of aliphatic hydroxyl groups is 1. The van der Waals surface area contributed by atoms with E-state index < -0.39 is 0 Å². The van der Waals surface area contributed by atoms with Gasteiger partial charge in [-0.25, -0.2) is 0 Å². The average Bonchev–Trinajstić information content (AvgIpc) is 2.59. The highest BCUT2D eigenvalue weighted by Gasteiger charge is 2.05. The van der Waals surface area contributed by atoms with Crippen molar-refractivity contribution in [3.8, 4) is 0 Å². The van der Waals surface area contributed by atoms with Crippen molar-refractivity contribution in [2.75, 3.05) is 26.9 Å². The van der Waals surface area contributed by atoms with Gasteiger partial charge in [0.1, 0.15) is 0 Å². The lowest BCUT2D eigenvalue weighted by atomic mass is 10.2. The van der Waals surface area contributed by atoms with Crippen LogP contribution in [0.25, 0.3) is 0 Å². The van der Waals surface area contributed by atoms with E-state index in [0.717, 1.165) is 17.7 Å². The molecule has 0 amide bonds. The molecule has 0 saturated carbocycles. The first-order valence-corrected chi connectivity index (χ1v) is 4.97. The molecule has 0 bridgehead atoms. The predicted octanol–water partition coefficient (Wildman–Crippen LogP) is 0.118. The smallest absolute Gasteiger partial charge is 0.0715 e. The molecule has 1 aromatic heterocycles. The lowest BCUT2D eigenvalue weighted by molar-refractivity contribution is 0.0717. The molecular formula is C10H18N2O3. The fraction of sp³-hybridized carbons (Fsp3) is 0.700. The third kappa shape index (κ3) is 3.99. The second-order valence-corrected chi connectivity index (χ2v) is 3.29. The Labute approximate surface area is 89.6 Å². The Morgan fingerprint density at radius 3 is 2.87 bits per heavy atom. The minimum atomic E-state index is 0.0290. The van der Waals surface area contributed by atoms with Crippen molar-refractivity contribution in [3.63, 3.8) is 0 Å². The van der Waals surface area contributed by atoms with Crippen LogP contribution in [0.3, 0.4) is 0 Å². The first-order chi connectivity index (χ1) is 7.27. The molecule has 0 aromatic carbocycles. The fourth-order valence-corrected chi connectivity index (χ4v) is 1.34. The molecule has 0 fully saturated rings. The van der Waals surface area contributed by atoms with Crippen LogP contribution in [0.4, 0.5) is 0 Å². The van der Waals surface area contributed by atoms with Crippen LogP contribution >= 0.6 is 0 Å². The standard InChI is InChI=1S/C10H18N2O3/c1-12-7-9(8-13)10(11-12)3-4-15-6-5-14-2/h7,13H,3-6,8H2,1-2H3. The summed E-state index contributed by atoms with van der Waals surface area (Å²) in [5.41, 5.74) is 1.77. The Morgan fingerprint density at radius 2 is 2.20 bits per heavy atom. The maximum atomic E-state index is 9.06. The van der Waals surface area contributed by atoms with Crippen LogP contribution in [0.1, 0.15) is 11.3 Å². The summed E-state index contributed by atoms with van der Waals surface area (Å²) in [4.78, 5) is 0. The van der Waals surface area contributed by atoms with Gasteiger partial charge in [-0.2, -0.15) is 5.10 Å². The summed E-state index contributed by atoms with van der Waals surface area (Å²) in [6, 6.07) is 0. The number of methoxy groups -OCH3 is 1. The molecule has 1 heterocycles. The van der Waals surface area contributed by atoms with E-state index in [-0.39, 0.29) is 6.61 Å². The average molecular weight is 214 g/mol. The zero-order valence-electron chi connectivity index (χ0n) is 9.27. The van der Waals surface area contributed by atoms with E-state index in [1.807, 2.05) is 13.2 Å². The van der Waals surface area contributed by atoms with Gasteiger partial charge in [0.25, 0.3) is 0 Å². The number of aromatic nitrogens is 2. The van der Waals surface area contributed by atoms with Gasteiger partial charge in [0.2, 0.25) is 0 Å². The number of ether oxygens (including phenoxy) is 2. The Bertz CT molecular complexity index is 286. The molecule has 5 nitrogen and oxygen atoms in total. The zero-order valence-corrected chi connectivity index (χ0v) is 9.27. The van der Waals surface area contributed by atoms with E-state index in [0.29, 0.717) is 19.8 Å². The van der Waals surface area contributed by atoms with E-state index in [1.165, 1.54) is 0 Å². The lowest BCUT2D eigenvalue weighted by Crippen LogP contribution is -2.06. The molecule has 1 N–H and O–H groups in total. The van der Waals surface area contributed by atoms with E-state index in [2.05, 4.69) is 5.10 Å². The number of nitrogens with zero attached hydrogens (tertiary/aromatic N) is 2. The number of aryl methyl sites for hydroxylation is 1. The Hall–Kier alpha value is -0.910. The summed E-state index contributed by atoms with van der Waals surface area (Å²) < 4.78 is 11.9. The molecule has 1 aromatic rings. The molecule has 0 aliphatic heterocycles. The number of hydrogen-bond donors (Lipinski definition) is 1. The molecular weight excluding hydrogens is 196 g/mol. The normalized spacial score (nSPS) is 10.9. The summed E-state index contributed by atoms with van der Waals surface area (Å²) in [6.07, 6.45) is 2.55. The third-order valence-electron chi connectivity index (χ3n) is 2.08. The largest absolute Gasteiger partial charge is 0.392 e. The van der Waals surface area contributed by atoms with Gasteiger partial charge in [-0.3, -0.25) is 4.68 Å². The summed E-state index contributed by atoms with van der Waals surface area (Å²) in [5.74, 6) is 0. The van der Waals surface area contributed by atoms with Crippen molar-refractivity contribution in [1.29, 1.82) is 0 Å². The third-order valence-corrected chi connectivity index (χ3v) is 2.08. The quantitative estimate of drug-likeness (QED) is 0.655. The highest BCUT2D eigenvalue weighted by atomic mass is 16.5. The Kier molecular flexibility index (Phi) is 5.31. The van der Waals surface area contributed by atoms with E-state index in [4.69, 9.17) is 14.6 Å². The molecule has 0 unspecified atom stereocenters. The summed E-state index contributed by atoms with van der Waals surface area (Å²) >= 11 is 0. The minimum Gasteiger partial charge on any atom is -0.392 e. The zero-order chi connectivity index (χ0) is 11.1. The molecule has 0 atom stereocenters. The minimum absolute atomic E-state index is 0.0290. The molecule has 5 heteroatoms. The van der Waals surface area contributed by atoms with Crippen LogP contribution in [-0.2, 0) is 29.5 Å². The summed E-state index contributed by atoms with van der Waals surface area (Å²) in [7, 11) is 3.49. The monoisotopic (exact) mass is 214 g/mol. The second kappa shape index (κ2) is 6.55. The van der Waals surface area contributed by atoms with E-state index in [1.54, 1.807) is 11.8 Å². The van der Waals surface area contributed by atoms with Crippen LogP contribution in [-0.4, -0.2) is 41.8 Å². The Balaban J connectivity index is 2.30.